The van der Waals surface area contributed by atoms with Crippen molar-refractivity contribution in [1.29, 1.82) is 5.41 Å². The fourth-order valence-electron chi connectivity index (χ4n) is 2.86. The molecule has 4 N–H and O–H groups in total. The van der Waals surface area contributed by atoms with Crippen molar-refractivity contribution in [2.24, 2.45) is 5.73 Å². The number of hydrogen-bond donors (Lipinski definition) is 3. The Morgan fingerprint density at radius 2 is 1.50 bits per heavy atom. The molecule has 0 atom stereocenters. The molecule has 0 heterocycles. The quantitative estimate of drug-likeness (QED) is 0.316. The Balaban J connectivity index is 0.00000320. The lowest BCUT2D eigenvalue weighted by molar-refractivity contribution is -0.139. The molecule has 0 saturated heterocycles. The highest BCUT2D eigenvalue weighted by molar-refractivity contribution is 6.04. The van der Waals surface area contributed by atoms with E-state index in [0.29, 0.717) is 16.8 Å². The molecule has 0 unspecified atom stereocenters. The first-order valence-corrected chi connectivity index (χ1v) is 8.98. The molecule has 0 saturated carbocycles. The molecule has 3 aromatic rings. The number of anilines is 1. The monoisotopic (exact) mass is 423 g/mol. The number of rotatable bonds is 6. The Kier molecular flexibility index (Phi) is 7.72. The number of methoxy groups -OCH3 is 1. The number of nitrogens with two attached hydrogens (primary N) is 1. The third-order valence-electron chi connectivity index (χ3n) is 4.44. The highest BCUT2D eigenvalue weighted by Gasteiger charge is 2.09. The molecule has 0 aliphatic heterocycles. The molecule has 0 aliphatic carbocycles. The van der Waals surface area contributed by atoms with Crippen LogP contribution < -0.4 is 11.1 Å². The second-order valence-corrected chi connectivity index (χ2v) is 6.48. The number of hydrogen-bond acceptors (Lipinski definition) is 4. The Bertz CT molecular complexity index is 1050. The zero-order valence-electron chi connectivity index (χ0n) is 16.3. The maximum Gasteiger partial charge on any atom is 0.309 e. The summed E-state index contributed by atoms with van der Waals surface area (Å²) >= 11 is 0. The van der Waals surface area contributed by atoms with E-state index < -0.39 is 0 Å². The van der Waals surface area contributed by atoms with Crippen LogP contribution in [0.3, 0.4) is 0 Å². The van der Waals surface area contributed by atoms with Gasteiger partial charge in [-0.3, -0.25) is 15.0 Å². The predicted octanol–water partition coefficient (Wildman–Crippen LogP) is 4.03. The van der Waals surface area contributed by atoms with Gasteiger partial charge in [-0.1, -0.05) is 48.5 Å². The third kappa shape index (κ3) is 5.68. The van der Waals surface area contributed by atoms with Gasteiger partial charge in [0.25, 0.3) is 5.91 Å². The largest absolute Gasteiger partial charge is 0.469 e. The summed E-state index contributed by atoms with van der Waals surface area (Å²) in [5.74, 6) is -0.543. The molecule has 0 fully saturated rings. The van der Waals surface area contributed by atoms with Crippen LogP contribution in [-0.2, 0) is 16.0 Å². The number of amidine groups is 1. The Hall–Kier alpha value is -3.64. The molecule has 3 aromatic carbocycles. The number of nitrogen functional groups attached to an aromatic ring is 1. The van der Waals surface area contributed by atoms with Gasteiger partial charge in [0.05, 0.1) is 13.5 Å². The summed E-state index contributed by atoms with van der Waals surface area (Å²) in [5.41, 5.74) is 9.96. The van der Waals surface area contributed by atoms with E-state index in [9.17, 15) is 9.59 Å². The molecule has 0 spiro atoms. The van der Waals surface area contributed by atoms with Gasteiger partial charge >= 0.3 is 5.97 Å². The van der Waals surface area contributed by atoms with Crippen molar-refractivity contribution < 1.29 is 14.3 Å². The summed E-state index contributed by atoms with van der Waals surface area (Å²) in [6.07, 6.45) is 0.150. The van der Waals surface area contributed by atoms with Crippen molar-refractivity contribution in [2.45, 2.75) is 6.42 Å². The summed E-state index contributed by atoms with van der Waals surface area (Å²) in [5, 5.41) is 10.3. The average molecular weight is 424 g/mol. The average Bonchev–Trinajstić information content (AvgIpc) is 2.74. The number of benzene rings is 3. The standard InChI is InChI=1S/C23H21N3O3.ClH/c1-29-21(27)14-15-3-2-4-20(13-15)26-23(28)19-11-7-17(8-12-19)16-5-9-18(10-6-16)22(24)25;/h2-13H,14H2,1H3,(H3,24,25)(H,26,28);1H. The maximum absolute atomic E-state index is 12.5. The van der Waals surface area contributed by atoms with Gasteiger partial charge in [0, 0.05) is 16.8 Å². The highest BCUT2D eigenvalue weighted by Crippen LogP contribution is 2.21. The summed E-state index contributed by atoms with van der Waals surface area (Å²) in [4.78, 5) is 23.9. The number of nitrogens with one attached hydrogen (secondary N) is 2. The van der Waals surface area contributed by atoms with Crippen molar-refractivity contribution in [3.8, 4) is 11.1 Å². The molecule has 1 amide bonds. The third-order valence-corrected chi connectivity index (χ3v) is 4.44. The number of ether oxygens (including phenoxy) is 1. The molecular formula is C23H22ClN3O3. The molecule has 154 valence electrons. The summed E-state index contributed by atoms with van der Waals surface area (Å²) in [6, 6.07) is 21.7. The zero-order chi connectivity index (χ0) is 20.8. The van der Waals surface area contributed by atoms with Crippen molar-refractivity contribution in [3.05, 3.63) is 89.5 Å². The second kappa shape index (κ2) is 10.2. The summed E-state index contributed by atoms with van der Waals surface area (Å²) in [6.45, 7) is 0. The van der Waals surface area contributed by atoms with Gasteiger partial charge in [0.1, 0.15) is 5.84 Å². The van der Waals surface area contributed by atoms with Crippen LogP contribution in [0, 0.1) is 5.41 Å². The minimum atomic E-state index is -0.333. The topological polar surface area (TPSA) is 105 Å². The van der Waals surface area contributed by atoms with Crippen LogP contribution in [0.1, 0.15) is 21.5 Å². The normalized spacial score (nSPS) is 9.90. The molecule has 0 aromatic heterocycles. The lowest BCUT2D eigenvalue weighted by Gasteiger charge is -2.08. The number of amides is 1. The predicted molar refractivity (Wildman–Crippen MR) is 120 cm³/mol. The maximum atomic E-state index is 12.5. The minimum Gasteiger partial charge on any atom is -0.469 e. The van der Waals surface area contributed by atoms with E-state index in [1.807, 2.05) is 24.3 Å². The molecule has 6 nitrogen and oxygen atoms in total. The summed E-state index contributed by atoms with van der Waals surface area (Å²) < 4.78 is 4.67. The molecule has 3 rings (SSSR count). The first-order valence-electron chi connectivity index (χ1n) is 8.98. The molecule has 0 aliphatic rings. The Morgan fingerprint density at radius 3 is 2.03 bits per heavy atom. The van der Waals surface area contributed by atoms with E-state index in [0.717, 1.165) is 16.7 Å². The van der Waals surface area contributed by atoms with Gasteiger partial charge < -0.3 is 15.8 Å². The lowest BCUT2D eigenvalue weighted by Crippen LogP contribution is -2.12. The van der Waals surface area contributed by atoms with Gasteiger partial charge in [0.15, 0.2) is 0 Å². The van der Waals surface area contributed by atoms with Crippen LogP contribution in [-0.4, -0.2) is 24.8 Å². The van der Waals surface area contributed by atoms with Gasteiger partial charge in [-0.05, 0) is 41.0 Å². The van der Waals surface area contributed by atoms with Crippen molar-refractivity contribution in [1.82, 2.24) is 0 Å². The zero-order valence-corrected chi connectivity index (χ0v) is 17.2. The van der Waals surface area contributed by atoms with Crippen LogP contribution in [0.25, 0.3) is 11.1 Å². The minimum absolute atomic E-state index is 0. The molecule has 0 radical (unpaired) electrons. The smallest absolute Gasteiger partial charge is 0.309 e. The summed E-state index contributed by atoms with van der Waals surface area (Å²) in [7, 11) is 1.34. The van der Waals surface area contributed by atoms with E-state index >= 15 is 0 Å². The van der Waals surface area contributed by atoms with Crippen LogP contribution in [0.2, 0.25) is 0 Å². The van der Waals surface area contributed by atoms with Crippen LogP contribution in [0.4, 0.5) is 5.69 Å². The number of carbonyl (C=O) groups is 2. The van der Waals surface area contributed by atoms with Crippen LogP contribution in [0.5, 0.6) is 0 Å². The second-order valence-electron chi connectivity index (χ2n) is 6.48. The molecule has 7 heteroatoms. The SMILES string of the molecule is COC(=O)Cc1cccc(NC(=O)c2ccc(-c3ccc(C(=N)N)cc3)cc2)c1.Cl. The van der Waals surface area contributed by atoms with E-state index in [4.69, 9.17) is 11.1 Å². The van der Waals surface area contributed by atoms with E-state index in [-0.39, 0.29) is 36.5 Å². The molecular weight excluding hydrogens is 402 g/mol. The highest BCUT2D eigenvalue weighted by atomic mass is 35.5. The van der Waals surface area contributed by atoms with Crippen molar-refractivity contribution in [2.75, 3.05) is 12.4 Å². The van der Waals surface area contributed by atoms with Crippen LogP contribution in [0.15, 0.2) is 72.8 Å². The van der Waals surface area contributed by atoms with E-state index in [1.54, 1.807) is 48.5 Å². The fraction of sp³-hybridized carbons (Fsp3) is 0.0870. The number of carbonyl (C=O) groups excluding carboxylic acids is 2. The van der Waals surface area contributed by atoms with E-state index in [1.165, 1.54) is 7.11 Å². The van der Waals surface area contributed by atoms with Crippen molar-refractivity contribution in [3.63, 3.8) is 0 Å². The van der Waals surface area contributed by atoms with Crippen LogP contribution >= 0.6 is 12.4 Å². The fourth-order valence-corrected chi connectivity index (χ4v) is 2.86. The Morgan fingerprint density at radius 1 is 0.933 bits per heavy atom. The number of halogens is 1. The van der Waals surface area contributed by atoms with Gasteiger partial charge in [-0.15, -0.1) is 12.4 Å². The van der Waals surface area contributed by atoms with E-state index in [2.05, 4.69) is 10.1 Å². The Labute approximate surface area is 181 Å². The van der Waals surface area contributed by atoms with Gasteiger partial charge in [-0.2, -0.15) is 0 Å². The van der Waals surface area contributed by atoms with Gasteiger partial charge in [0.2, 0.25) is 0 Å². The first kappa shape index (κ1) is 22.6. The number of esters is 1. The van der Waals surface area contributed by atoms with Crippen molar-refractivity contribution >= 4 is 35.8 Å². The molecule has 0 bridgehead atoms. The lowest BCUT2D eigenvalue weighted by atomic mass is 10.0. The van der Waals surface area contributed by atoms with Gasteiger partial charge in [-0.25, -0.2) is 0 Å². The molecule has 30 heavy (non-hydrogen) atoms. The first-order chi connectivity index (χ1) is 14.0.